The third-order valence-electron chi connectivity index (χ3n) is 6.55. The first kappa shape index (κ1) is 20.8. The van der Waals surface area contributed by atoms with Crippen molar-refractivity contribution in [1.82, 2.24) is 0 Å². The zero-order valence-electron chi connectivity index (χ0n) is 18.9. The average molecular weight is 453 g/mol. The molecule has 1 atom stereocenters. The maximum absolute atomic E-state index is 2.40. The highest BCUT2D eigenvalue weighted by atomic mass is 31.1. The van der Waals surface area contributed by atoms with Gasteiger partial charge in [0.15, 0.2) is 0 Å². The first-order chi connectivity index (χ1) is 16.9. The molecule has 0 N–H and O–H groups in total. The molecule has 1 aliphatic carbocycles. The smallest absolute Gasteiger partial charge is 0.0384 e. The maximum Gasteiger partial charge on any atom is 0.0384 e. The lowest BCUT2D eigenvalue weighted by Gasteiger charge is -2.31. The molecule has 1 heteroatoms. The summed E-state index contributed by atoms with van der Waals surface area (Å²) in [6, 6.07) is 51.0. The average Bonchev–Trinajstić information content (AvgIpc) is 3.06. The van der Waals surface area contributed by atoms with Gasteiger partial charge in [0.25, 0.3) is 0 Å². The summed E-state index contributed by atoms with van der Waals surface area (Å²) in [5.74, 6) is 0. The Bertz CT molecular complexity index is 1400. The van der Waals surface area contributed by atoms with Crippen molar-refractivity contribution in [1.29, 1.82) is 0 Å². The van der Waals surface area contributed by atoms with Gasteiger partial charge in [-0.15, -0.1) is 0 Å². The Morgan fingerprint density at radius 2 is 0.941 bits per heavy atom. The van der Waals surface area contributed by atoms with Crippen LogP contribution in [0.15, 0.2) is 140 Å². The summed E-state index contributed by atoms with van der Waals surface area (Å²) in [7, 11) is -0.681. The standard InChI is InChI=1S/C33H25P/c1-4-14-25(15-5-1)32-24-26-16-10-11-21-29(26)33(31-23-13-12-22-30(31)32)34(27-17-6-2-7-18-27)28-19-8-3-9-20-28/h1-24,33H. The molecule has 0 heterocycles. The van der Waals surface area contributed by atoms with Crippen molar-refractivity contribution in [2.75, 3.05) is 0 Å². The largest absolute Gasteiger partial charge is 0.0622 e. The van der Waals surface area contributed by atoms with E-state index in [2.05, 4.69) is 146 Å². The first-order valence-corrected chi connectivity index (χ1v) is 13.2. The monoisotopic (exact) mass is 452 g/mol. The molecule has 0 nitrogen and oxygen atoms in total. The topological polar surface area (TPSA) is 0 Å². The van der Waals surface area contributed by atoms with E-state index < -0.39 is 7.92 Å². The molecule has 0 fully saturated rings. The molecule has 162 valence electrons. The van der Waals surface area contributed by atoms with Crippen LogP contribution in [0.5, 0.6) is 0 Å². The molecule has 34 heavy (non-hydrogen) atoms. The lowest BCUT2D eigenvalue weighted by Crippen LogP contribution is -2.18. The highest BCUT2D eigenvalue weighted by Gasteiger charge is 2.33. The number of fused-ring (bicyclic) bond motifs is 2. The summed E-state index contributed by atoms with van der Waals surface area (Å²) >= 11 is 0. The molecule has 0 radical (unpaired) electrons. The zero-order valence-corrected chi connectivity index (χ0v) is 19.8. The molecule has 5 aromatic carbocycles. The van der Waals surface area contributed by atoms with Crippen LogP contribution in [-0.2, 0) is 0 Å². The SMILES string of the molecule is C1=C(c2ccccc2)c2ccccc2C(P(c2ccccc2)c2ccccc2)c2ccccc21. The molecular formula is C33H25P. The van der Waals surface area contributed by atoms with E-state index in [1.54, 1.807) is 0 Å². The molecule has 0 saturated heterocycles. The molecule has 0 aromatic heterocycles. The van der Waals surface area contributed by atoms with Crippen LogP contribution in [-0.4, -0.2) is 0 Å². The fraction of sp³-hybridized carbons (Fsp3) is 0.0303. The fourth-order valence-corrected chi connectivity index (χ4v) is 7.93. The van der Waals surface area contributed by atoms with Crippen LogP contribution in [0.2, 0.25) is 0 Å². The van der Waals surface area contributed by atoms with Gasteiger partial charge in [0.2, 0.25) is 0 Å². The van der Waals surface area contributed by atoms with E-state index in [4.69, 9.17) is 0 Å². The highest BCUT2D eigenvalue weighted by Crippen LogP contribution is 2.57. The lowest BCUT2D eigenvalue weighted by molar-refractivity contribution is 1.13. The van der Waals surface area contributed by atoms with Crippen molar-refractivity contribution in [3.05, 3.63) is 167 Å². The second-order valence-corrected chi connectivity index (χ2v) is 10.9. The Balaban J connectivity index is 1.66. The van der Waals surface area contributed by atoms with E-state index in [1.807, 2.05) is 0 Å². The number of hydrogen-bond acceptors (Lipinski definition) is 0. The first-order valence-electron chi connectivity index (χ1n) is 11.7. The predicted octanol–water partition coefficient (Wildman–Crippen LogP) is 7.81. The van der Waals surface area contributed by atoms with Crippen LogP contribution >= 0.6 is 7.92 Å². The quantitative estimate of drug-likeness (QED) is 0.244. The Morgan fingerprint density at radius 3 is 1.59 bits per heavy atom. The molecule has 0 aliphatic heterocycles. The summed E-state index contributed by atoms with van der Waals surface area (Å²) in [5.41, 5.74) is 8.25. The lowest BCUT2D eigenvalue weighted by atomic mass is 9.93. The third-order valence-corrected chi connectivity index (χ3v) is 9.33. The van der Waals surface area contributed by atoms with Crippen molar-refractivity contribution in [3.8, 4) is 0 Å². The number of hydrogen-bond donors (Lipinski definition) is 0. The molecule has 6 rings (SSSR count). The highest BCUT2D eigenvalue weighted by molar-refractivity contribution is 7.73. The van der Waals surface area contributed by atoms with Gasteiger partial charge in [-0.1, -0.05) is 140 Å². The van der Waals surface area contributed by atoms with Crippen molar-refractivity contribution >= 4 is 30.2 Å². The van der Waals surface area contributed by atoms with Crippen LogP contribution in [0.1, 0.15) is 33.5 Å². The van der Waals surface area contributed by atoms with Gasteiger partial charge in [-0.2, -0.15) is 0 Å². The Kier molecular flexibility index (Phi) is 5.68. The number of rotatable bonds is 4. The van der Waals surface area contributed by atoms with Crippen LogP contribution in [0, 0.1) is 0 Å². The third kappa shape index (κ3) is 3.81. The van der Waals surface area contributed by atoms with E-state index in [1.165, 1.54) is 44.0 Å². The molecular weight excluding hydrogens is 427 g/mol. The molecule has 0 bridgehead atoms. The van der Waals surface area contributed by atoms with Gasteiger partial charge in [-0.05, 0) is 58.0 Å². The minimum atomic E-state index is -0.681. The summed E-state index contributed by atoms with van der Waals surface area (Å²) in [6.07, 6.45) is 2.40. The van der Waals surface area contributed by atoms with E-state index in [-0.39, 0.29) is 5.66 Å². The van der Waals surface area contributed by atoms with E-state index in [0.717, 1.165) is 0 Å². The van der Waals surface area contributed by atoms with E-state index in [0.29, 0.717) is 0 Å². The van der Waals surface area contributed by atoms with E-state index >= 15 is 0 Å². The van der Waals surface area contributed by atoms with Gasteiger partial charge >= 0.3 is 0 Å². The molecule has 0 saturated carbocycles. The van der Waals surface area contributed by atoms with Crippen LogP contribution < -0.4 is 10.6 Å². The van der Waals surface area contributed by atoms with Gasteiger partial charge in [0.05, 0.1) is 0 Å². The van der Waals surface area contributed by atoms with Crippen molar-refractivity contribution in [3.63, 3.8) is 0 Å². The zero-order chi connectivity index (χ0) is 22.7. The summed E-state index contributed by atoms with van der Waals surface area (Å²) in [6.45, 7) is 0. The van der Waals surface area contributed by atoms with Crippen molar-refractivity contribution in [2.45, 2.75) is 5.66 Å². The minimum Gasteiger partial charge on any atom is -0.0622 e. The maximum atomic E-state index is 2.40. The van der Waals surface area contributed by atoms with Gasteiger partial charge in [-0.25, -0.2) is 0 Å². The van der Waals surface area contributed by atoms with E-state index in [9.17, 15) is 0 Å². The van der Waals surface area contributed by atoms with Crippen LogP contribution in [0.3, 0.4) is 0 Å². The summed E-state index contributed by atoms with van der Waals surface area (Å²) in [5, 5.41) is 2.81. The van der Waals surface area contributed by atoms with Crippen molar-refractivity contribution in [2.24, 2.45) is 0 Å². The Labute approximate surface area is 203 Å². The van der Waals surface area contributed by atoms with Crippen LogP contribution in [0.4, 0.5) is 0 Å². The second-order valence-electron chi connectivity index (χ2n) is 8.58. The Morgan fingerprint density at radius 1 is 0.441 bits per heavy atom. The minimum absolute atomic E-state index is 0.254. The van der Waals surface area contributed by atoms with Crippen molar-refractivity contribution < 1.29 is 0 Å². The molecule has 1 aliphatic rings. The molecule has 5 aromatic rings. The summed E-state index contributed by atoms with van der Waals surface area (Å²) < 4.78 is 0. The number of benzene rings is 5. The predicted molar refractivity (Wildman–Crippen MR) is 147 cm³/mol. The van der Waals surface area contributed by atoms with Gasteiger partial charge < -0.3 is 0 Å². The Hall–Kier alpha value is -3.73. The second kappa shape index (κ2) is 9.26. The molecule has 1 unspecified atom stereocenters. The van der Waals surface area contributed by atoms with Gasteiger partial charge in [0, 0.05) is 5.66 Å². The van der Waals surface area contributed by atoms with Crippen LogP contribution in [0.25, 0.3) is 11.6 Å². The normalized spacial score (nSPS) is 14.6. The summed E-state index contributed by atoms with van der Waals surface area (Å²) in [4.78, 5) is 0. The molecule has 0 amide bonds. The molecule has 0 spiro atoms. The fourth-order valence-electron chi connectivity index (χ4n) is 5.03. The van der Waals surface area contributed by atoms with Gasteiger partial charge in [0.1, 0.15) is 0 Å². The van der Waals surface area contributed by atoms with Gasteiger partial charge in [-0.3, -0.25) is 0 Å².